The fraction of sp³-hybridized carbons (Fsp3) is 0.375. The van der Waals surface area contributed by atoms with Crippen LogP contribution in [0.2, 0.25) is 5.02 Å². The number of hydrogen-bond donors (Lipinski definition) is 1. The third kappa shape index (κ3) is 1.86. The minimum absolute atomic E-state index is 0.331. The molecule has 0 saturated carbocycles. The summed E-state index contributed by atoms with van der Waals surface area (Å²) >= 11 is 6.96. The Morgan fingerprint density at radius 1 is 1.67 bits per heavy atom. The minimum Gasteiger partial charge on any atom is -0.382 e. The number of aliphatic hydroxyl groups is 1. The number of halogens is 1. The standard InChI is InChI=1S/C8H9ClO2S/c1-8(2,11)7(10)6-5(9)3-4-12-6/h3-4,11H,1-2H3. The van der Waals surface area contributed by atoms with Crippen LogP contribution >= 0.6 is 22.9 Å². The molecule has 66 valence electrons. The van der Waals surface area contributed by atoms with Crippen molar-refractivity contribution in [3.8, 4) is 0 Å². The Morgan fingerprint density at radius 2 is 2.25 bits per heavy atom. The van der Waals surface area contributed by atoms with Crippen LogP contribution in [0, 0.1) is 0 Å². The summed E-state index contributed by atoms with van der Waals surface area (Å²) in [6.07, 6.45) is 0. The molecule has 0 spiro atoms. The van der Waals surface area contributed by atoms with Gasteiger partial charge in [0.25, 0.3) is 0 Å². The molecule has 0 aliphatic heterocycles. The maximum atomic E-state index is 11.4. The highest BCUT2D eigenvalue weighted by molar-refractivity contribution is 7.12. The van der Waals surface area contributed by atoms with Crippen molar-refractivity contribution in [1.82, 2.24) is 0 Å². The lowest BCUT2D eigenvalue weighted by atomic mass is 10.0. The molecule has 1 aromatic heterocycles. The zero-order valence-electron chi connectivity index (χ0n) is 6.80. The molecule has 1 heterocycles. The van der Waals surface area contributed by atoms with E-state index in [2.05, 4.69) is 0 Å². The van der Waals surface area contributed by atoms with Gasteiger partial charge in [0.05, 0.1) is 9.90 Å². The van der Waals surface area contributed by atoms with Crippen molar-refractivity contribution in [1.29, 1.82) is 0 Å². The van der Waals surface area contributed by atoms with E-state index in [1.165, 1.54) is 25.2 Å². The number of ketones is 1. The Kier molecular flexibility index (Phi) is 2.56. The lowest BCUT2D eigenvalue weighted by Gasteiger charge is -2.13. The summed E-state index contributed by atoms with van der Waals surface area (Å²) in [7, 11) is 0. The van der Waals surface area contributed by atoms with E-state index < -0.39 is 5.60 Å². The van der Waals surface area contributed by atoms with Gasteiger partial charge in [-0.2, -0.15) is 0 Å². The molecule has 0 saturated heterocycles. The van der Waals surface area contributed by atoms with E-state index in [9.17, 15) is 9.90 Å². The fourth-order valence-corrected chi connectivity index (χ4v) is 1.97. The summed E-state index contributed by atoms with van der Waals surface area (Å²) in [6, 6.07) is 1.64. The average molecular weight is 205 g/mol. The van der Waals surface area contributed by atoms with Crippen LogP contribution in [0.3, 0.4) is 0 Å². The highest BCUT2D eigenvalue weighted by Gasteiger charge is 2.27. The van der Waals surface area contributed by atoms with E-state index in [0.29, 0.717) is 9.90 Å². The second-order valence-corrected chi connectivity index (χ2v) is 4.31. The summed E-state index contributed by atoms with van der Waals surface area (Å²) in [6.45, 7) is 2.90. The number of Topliss-reactive ketones (excluding diaryl/α,β-unsaturated/α-hetero) is 1. The monoisotopic (exact) mass is 204 g/mol. The van der Waals surface area contributed by atoms with Gasteiger partial charge in [-0.3, -0.25) is 4.79 Å². The molecule has 0 fully saturated rings. The number of carbonyl (C=O) groups excluding carboxylic acids is 1. The molecule has 0 atom stereocenters. The van der Waals surface area contributed by atoms with Gasteiger partial charge >= 0.3 is 0 Å². The van der Waals surface area contributed by atoms with Gasteiger partial charge in [-0.1, -0.05) is 11.6 Å². The first-order valence-corrected chi connectivity index (χ1v) is 4.69. The van der Waals surface area contributed by atoms with Crippen molar-refractivity contribution < 1.29 is 9.90 Å². The molecule has 0 bridgehead atoms. The Morgan fingerprint density at radius 3 is 2.58 bits per heavy atom. The van der Waals surface area contributed by atoms with Gasteiger partial charge < -0.3 is 5.11 Å². The van der Waals surface area contributed by atoms with E-state index >= 15 is 0 Å². The van der Waals surface area contributed by atoms with Crippen LogP contribution in [0.25, 0.3) is 0 Å². The van der Waals surface area contributed by atoms with E-state index in [0.717, 1.165) is 0 Å². The molecule has 12 heavy (non-hydrogen) atoms. The summed E-state index contributed by atoms with van der Waals surface area (Å²) in [5, 5.41) is 11.5. The zero-order valence-corrected chi connectivity index (χ0v) is 8.37. The van der Waals surface area contributed by atoms with Crippen LogP contribution in [-0.4, -0.2) is 16.5 Å². The molecule has 1 rings (SSSR count). The smallest absolute Gasteiger partial charge is 0.205 e. The van der Waals surface area contributed by atoms with Gasteiger partial charge in [0.1, 0.15) is 5.60 Å². The summed E-state index contributed by atoms with van der Waals surface area (Å²) in [5.74, 6) is -0.331. The van der Waals surface area contributed by atoms with E-state index in [-0.39, 0.29) is 5.78 Å². The number of hydrogen-bond acceptors (Lipinski definition) is 3. The molecule has 0 amide bonds. The molecular formula is C8H9ClO2S. The molecule has 0 aliphatic carbocycles. The van der Waals surface area contributed by atoms with E-state index in [4.69, 9.17) is 11.6 Å². The first-order valence-electron chi connectivity index (χ1n) is 3.43. The molecule has 1 N–H and O–H groups in total. The van der Waals surface area contributed by atoms with Crippen LogP contribution in [0.1, 0.15) is 23.5 Å². The first kappa shape index (κ1) is 9.71. The Bertz CT molecular complexity index is 298. The largest absolute Gasteiger partial charge is 0.382 e. The first-order chi connectivity index (χ1) is 5.43. The molecular weight excluding hydrogens is 196 g/mol. The van der Waals surface area contributed by atoms with Gasteiger partial charge in [0, 0.05) is 0 Å². The third-order valence-corrected chi connectivity index (χ3v) is 2.72. The molecule has 0 radical (unpaired) electrons. The van der Waals surface area contributed by atoms with Crippen LogP contribution < -0.4 is 0 Å². The van der Waals surface area contributed by atoms with E-state index in [1.807, 2.05) is 0 Å². The molecule has 0 aliphatic rings. The highest BCUT2D eigenvalue weighted by atomic mass is 35.5. The average Bonchev–Trinajstić information content (AvgIpc) is 2.31. The summed E-state index contributed by atoms with van der Waals surface area (Å²) < 4.78 is 0. The molecule has 0 unspecified atom stereocenters. The normalized spacial score (nSPS) is 11.7. The van der Waals surface area contributed by atoms with Crippen LogP contribution in [-0.2, 0) is 0 Å². The molecule has 0 aromatic carbocycles. The molecule has 4 heteroatoms. The Hall–Kier alpha value is -0.380. The summed E-state index contributed by atoms with van der Waals surface area (Å²) in [4.78, 5) is 11.8. The Balaban J connectivity index is 3.01. The number of thiophene rings is 1. The van der Waals surface area contributed by atoms with Crippen molar-refractivity contribution >= 4 is 28.7 Å². The number of rotatable bonds is 2. The van der Waals surface area contributed by atoms with Crippen molar-refractivity contribution in [2.75, 3.05) is 0 Å². The number of carbonyl (C=O) groups is 1. The van der Waals surface area contributed by atoms with Crippen LogP contribution in [0.4, 0.5) is 0 Å². The maximum Gasteiger partial charge on any atom is 0.205 e. The highest BCUT2D eigenvalue weighted by Crippen LogP contribution is 2.26. The van der Waals surface area contributed by atoms with Crippen molar-refractivity contribution in [2.45, 2.75) is 19.4 Å². The second kappa shape index (κ2) is 3.17. The second-order valence-electron chi connectivity index (χ2n) is 2.99. The van der Waals surface area contributed by atoms with Crippen LogP contribution in [0.15, 0.2) is 11.4 Å². The van der Waals surface area contributed by atoms with Crippen LogP contribution in [0.5, 0.6) is 0 Å². The maximum absolute atomic E-state index is 11.4. The third-order valence-electron chi connectivity index (χ3n) is 1.38. The van der Waals surface area contributed by atoms with Gasteiger partial charge in [0.2, 0.25) is 5.78 Å². The van der Waals surface area contributed by atoms with Gasteiger partial charge in [-0.15, -0.1) is 11.3 Å². The van der Waals surface area contributed by atoms with Gasteiger partial charge in [-0.05, 0) is 25.3 Å². The fourth-order valence-electron chi connectivity index (χ4n) is 0.734. The lowest BCUT2D eigenvalue weighted by molar-refractivity contribution is 0.0492. The van der Waals surface area contributed by atoms with Crippen molar-refractivity contribution in [3.05, 3.63) is 21.3 Å². The topological polar surface area (TPSA) is 37.3 Å². The lowest BCUT2D eigenvalue weighted by Crippen LogP contribution is -2.30. The molecule has 2 nitrogen and oxygen atoms in total. The van der Waals surface area contributed by atoms with E-state index in [1.54, 1.807) is 11.4 Å². The van der Waals surface area contributed by atoms with Crippen molar-refractivity contribution in [2.24, 2.45) is 0 Å². The molecule has 1 aromatic rings. The van der Waals surface area contributed by atoms with Gasteiger partial charge in [0.15, 0.2) is 0 Å². The van der Waals surface area contributed by atoms with Crippen molar-refractivity contribution in [3.63, 3.8) is 0 Å². The minimum atomic E-state index is -1.34. The van der Waals surface area contributed by atoms with Gasteiger partial charge in [-0.25, -0.2) is 0 Å². The zero-order chi connectivity index (χ0) is 9.35. The predicted molar refractivity (Wildman–Crippen MR) is 50.0 cm³/mol. The SMILES string of the molecule is CC(C)(O)C(=O)c1sccc1Cl. The predicted octanol–water partition coefficient (Wildman–Crippen LogP) is 2.36. The Labute approximate surface area is 79.8 Å². The quantitative estimate of drug-likeness (QED) is 0.751. The summed E-state index contributed by atoms with van der Waals surface area (Å²) in [5.41, 5.74) is -1.34.